The van der Waals surface area contributed by atoms with E-state index in [1.807, 2.05) is 51.8 Å². The van der Waals surface area contributed by atoms with Crippen LogP contribution in [0.2, 0.25) is 0 Å². The molecule has 2 fully saturated rings. The normalized spacial score (nSPS) is 21.0. The van der Waals surface area contributed by atoms with Gasteiger partial charge in [0.2, 0.25) is 5.91 Å². The van der Waals surface area contributed by atoms with Crippen molar-refractivity contribution in [3.63, 3.8) is 0 Å². The van der Waals surface area contributed by atoms with E-state index in [0.717, 1.165) is 57.7 Å². The molecule has 0 bridgehead atoms. The second-order valence-electron chi connectivity index (χ2n) is 9.98. The molecule has 2 saturated heterocycles. The van der Waals surface area contributed by atoms with Gasteiger partial charge in [-0.1, -0.05) is 12.1 Å². The maximum Gasteiger partial charge on any atom is 0.410 e. The number of carbonyl (C=O) groups is 2. The van der Waals surface area contributed by atoms with Gasteiger partial charge in [0.15, 0.2) is 0 Å². The third-order valence-electron chi connectivity index (χ3n) is 6.36. The summed E-state index contributed by atoms with van der Waals surface area (Å²) in [6, 6.07) is 8.32. The zero-order valence-corrected chi connectivity index (χ0v) is 20.3. The lowest BCUT2D eigenvalue weighted by molar-refractivity contribution is -0.139. The molecule has 0 aromatic heterocycles. The fourth-order valence-corrected chi connectivity index (χ4v) is 4.38. The predicted octanol–water partition coefficient (Wildman–Crippen LogP) is 3.73. The van der Waals surface area contributed by atoms with Crippen molar-refractivity contribution in [2.24, 2.45) is 0 Å². The van der Waals surface area contributed by atoms with Gasteiger partial charge in [0.1, 0.15) is 11.4 Å². The third kappa shape index (κ3) is 6.61. The summed E-state index contributed by atoms with van der Waals surface area (Å²) in [6.07, 6.45) is 2.57. The molecule has 3 rings (SSSR count). The Hall–Kier alpha value is -2.28. The number of carbonyl (C=O) groups excluding carboxylic acids is 2. The summed E-state index contributed by atoms with van der Waals surface area (Å²) in [5, 5.41) is 0. The van der Waals surface area contributed by atoms with E-state index in [1.54, 1.807) is 4.90 Å². The van der Waals surface area contributed by atoms with Crippen LogP contribution in [0, 0.1) is 0 Å². The SMILES string of the molecule is C[C@@H]1C(=O)N(C)CCN1CCCOc1ccc(C2CCN(C(=O)OC(C)(C)C)CC2)cc1. The first-order chi connectivity index (χ1) is 15.1. The predicted molar refractivity (Wildman–Crippen MR) is 125 cm³/mol. The Balaban J connectivity index is 1.38. The van der Waals surface area contributed by atoms with Gasteiger partial charge in [-0.05, 0) is 70.6 Å². The highest BCUT2D eigenvalue weighted by Gasteiger charge is 2.29. The number of hydrogen-bond donors (Lipinski definition) is 0. The molecule has 0 aliphatic carbocycles. The number of hydrogen-bond acceptors (Lipinski definition) is 5. The Kier molecular flexibility index (Phi) is 8.04. The van der Waals surface area contributed by atoms with Gasteiger partial charge < -0.3 is 19.3 Å². The molecule has 2 aliphatic rings. The molecule has 2 aliphatic heterocycles. The van der Waals surface area contributed by atoms with Gasteiger partial charge >= 0.3 is 6.09 Å². The summed E-state index contributed by atoms with van der Waals surface area (Å²) in [7, 11) is 1.87. The summed E-state index contributed by atoms with van der Waals surface area (Å²) < 4.78 is 11.4. The van der Waals surface area contributed by atoms with Crippen molar-refractivity contribution in [1.82, 2.24) is 14.7 Å². The standard InChI is InChI=1S/C25H39N3O4/c1-19-23(29)26(5)16-17-27(19)13-6-18-31-22-9-7-20(8-10-22)21-11-14-28(15-12-21)24(30)32-25(2,3)4/h7-10,19,21H,6,11-18H2,1-5H3/t19-/m1/s1. The Bertz CT molecular complexity index is 766. The van der Waals surface area contributed by atoms with Crippen LogP contribution in [0.15, 0.2) is 24.3 Å². The Morgan fingerprint density at radius 3 is 2.34 bits per heavy atom. The second-order valence-corrected chi connectivity index (χ2v) is 9.98. The van der Waals surface area contributed by atoms with E-state index in [4.69, 9.17) is 9.47 Å². The quantitative estimate of drug-likeness (QED) is 0.625. The van der Waals surface area contributed by atoms with Crippen LogP contribution in [-0.2, 0) is 9.53 Å². The van der Waals surface area contributed by atoms with E-state index in [9.17, 15) is 9.59 Å². The van der Waals surface area contributed by atoms with E-state index in [2.05, 4.69) is 17.0 Å². The highest BCUT2D eigenvalue weighted by Crippen LogP contribution is 2.30. The summed E-state index contributed by atoms with van der Waals surface area (Å²) in [6.45, 7) is 12.4. The first-order valence-electron chi connectivity index (χ1n) is 11.8. The molecule has 0 radical (unpaired) electrons. The molecule has 1 atom stereocenters. The van der Waals surface area contributed by atoms with Gasteiger partial charge in [0, 0.05) is 39.8 Å². The number of likely N-dealkylation sites (tertiary alicyclic amines) is 1. The molecule has 1 aromatic carbocycles. The van der Waals surface area contributed by atoms with Gasteiger partial charge in [-0.3, -0.25) is 9.69 Å². The molecule has 0 unspecified atom stereocenters. The maximum atomic E-state index is 12.2. The van der Waals surface area contributed by atoms with Gasteiger partial charge in [-0.25, -0.2) is 4.79 Å². The van der Waals surface area contributed by atoms with E-state index in [-0.39, 0.29) is 18.0 Å². The topological polar surface area (TPSA) is 62.3 Å². The van der Waals surface area contributed by atoms with Crippen molar-refractivity contribution in [1.29, 1.82) is 0 Å². The number of ether oxygens (including phenoxy) is 2. The second kappa shape index (κ2) is 10.6. The lowest BCUT2D eigenvalue weighted by Crippen LogP contribution is -2.54. The summed E-state index contributed by atoms with van der Waals surface area (Å²) in [5.74, 6) is 1.53. The number of piperazine rings is 1. The van der Waals surface area contributed by atoms with Crippen molar-refractivity contribution in [3.05, 3.63) is 29.8 Å². The number of piperidine rings is 1. The number of likely N-dealkylation sites (N-methyl/N-ethyl adjacent to an activating group) is 1. The van der Waals surface area contributed by atoms with Crippen LogP contribution in [0.3, 0.4) is 0 Å². The van der Waals surface area contributed by atoms with Crippen LogP contribution in [0.25, 0.3) is 0 Å². The van der Waals surface area contributed by atoms with Crippen molar-refractivity contribution < 1.29 is 19.1 Å². The number of amides is 2. The smallest absolute Gasteiger partial charge is 0.410 e. The average Bonchev–Trinajstić information content (AvgIpc) is 2.76. The molecule has 2 heterocycles. The van der Waals surface area contributed by atoms with E-state index in [1.165, 1.54) is 5.56 Å². The zero-order chi connectivity index (χ0) is 23.3. The number of benzene rings is 1. The average molecular weight is 446 g/mol. The van der Waals surface area contributed by atoms with Crippen LogP contribution in [0.5, 0.6) is 5.75 Å². The molecule has 178 valence electrons. The highest BCUT2D eigenvalue weighted by atomic mass is 16.6. The van der Waals surface area contributed by atoms with Crippen LogP contribution in [0.1, 0.15) is 58.4 Å². The van der Waals surface area contributed by atoms with Crippen molar-refractivity contribution in [2.45, 2.75) is 64.5 Å². The zero-order valence-electron chi connectivity index (χ0n) is 20.3. The molecular weight excluding hydrogens is 406 g/mol. The van der Waals surface area contributed by atoms with Gasteiger partial charge in [0.25, 0.3) is 0 Å². The summed E-state index contributed by atoms with van der Waals surface area (Å²) in [4.78, 5) is 30.2. The largest absolute Gasteiger partial charge is 0.494 e. The summed E-state index contributed by atoms with van der Waals surface area (Å²) in [5.41, 5.74) is 0.843. The van der Waals surface area contributed by atoms with Crippen molar-refractivity contribution in [2.75, 3.05) is 46.4 Å². The Morgan fingerprint density at radius 1 is 1.06 bits per heavy atom. The van der Waals surface area contributed by atoms with Gasteiger partial charge in [-0.15, -0.1) is 0 Å². The minimum Gasteiger partial charge on any atom is -0.494 e. The fraction of sp³-hybridized carbons (Fsp3) is 0.680. The monoisotopic (exact) mass is 445 g/mol. The molecule has 7 nitrogen and oxygen atoms in total. The maximum absolute atomic E-state index is 12.2. The summed E-state index contributed by atoms with van der Waals surface area (Å²) >= 11 is 0. The third-order valence-corrected chi connectivity index (χ3v) is 6.36. The van der Waals surface area contributed by atoms with E-state index in [0.29, 0.717) is 12.5 Å². The van der Waals surface area contributed by atoms with Crippen LogP contribution < -0.4 is 4.74 Å². The van der Waals surface area contributed by atoms with Crippen LogP contribution >= 0.6 is 0 Å². The molecule has 2 amide bonds. The minimum absolute atomic E-state index is 0.0465. The lowest BCUT2D eigenvalue weighted by Gasteiger charge is -2.37. The Morgan fingerprint density at radius 2 is 1.72 bits per heavy atom. The highest BCUT2D eigenvalue weighted by molar-refractivity contribution is 5.81. The van der Waals surface area contributed by atoms with Gasteiger partial charge in [-0.2, -0.15) is 0 Å². The molecule has 0 spiro atoms. The fourth-order valence-electron chi connectivity index (χ4n) is 4.38. The van der Waals surface area contributed by atoms with Crippen molar-refractivity contribution >= 4 is 12.0 Å². The first-order valence-corrected chi connectivity index (χ1v) is 11.8. The van der Waals surface area contributed by atoms with Crippen LogP contribution in [-0.4, -0.2) is 84.7 Å². The molecule has 32 heavy (non-hydrogen) atoms. The van der Waals surface area contributed by atoms with Gasteiger partial charge in [0.05, 0.1) is 12.6 Å². The first kappa shape index (κ1) is 24.4. The molecule has 0 N–H and O–H groups in total. The van der Waals surface area contributed by atoms with Crippen molar-refractivity contribution in [3.8, 4) is 5.75 Å². The number of nitrogens with zero attached hydrogens (tertiary/aromatic N) is 3. The van der Waals surface area contributed by atoms with E-state index < -0.39 is 5.60 Å². The Labute approximate surface area is 192 Å². The number of rotatable bonds is 6. The minimum atomic E-state index is -0.454. The lowest BCUT2D eigenvalue weighted by atomic mass is 9.89. The molecule has 7 heteroatoms. The molecule has 1 aromatic rings. The van der Waals surface area contributed by atoms with E-state index >= 15 is 0 Å². The van der Waals surface area contributed by atoms with Crippen LogP contribution in [0.4, 0.5) is 4.79 Å². The molecular formula is C25H39N3O4. The molecule has 0 saturated carbocycles.